The van der Waals surface area contributed by atoms with Crippen molar-refractivity contribution in [2.45, 2.75) is 0 Å². The number of para-hydroxylation sites is 1. The van der Waals surface area contributed by atoms with Crippen molar-refractivity contribution in [3.05, 3.63) is 41.3 Å². The van der Waals surface area contributed by atoms with Gasteiger partial charge >= 0.3 is 5.97 Å². The van der Waals surface area contributed by atoms with Crippen molar-refractivity contribution in [3.8, 4) is 5.69 Å². The SMILES string of the molecule is COC(=O)c1ncn(-c2ccccc2Cl)c1N. The predicted molar refractivity (Wildman–Crippen MR) is 64.3 cm³/mol. The van der Waals surface area contributed by atoms with E-state index in [1.54, 1.807) is 18.2 Å². The van der Waals surface area contributed by atoms with Crippen LogP contribution in [0.3, 0.4) is 0 Å². The van der Waals surface area contributed by atoms with E-state index in [1.165, 1.54) is 18.0 Å². The number of methoxy groups -OCH3 is 1. The zero-order valence-corrected chi connectivity index (χ0v) is 9.81. The summed E-state index contributed by atoms with van der Waals surface area (Å²) in [7, 11) is 1.27. The fourth-order valence-electron chi connectivity index (χ4n) is 1.45. The average molecular weight is 252 g/mol. The number of imidazole rings is 1. The van der Waals surface area contributed by atoms with Crippen molar-refractivity contribution in [2.24, 2.45) is 0 Å². The minimum atomic E-state index is -0.576. The second-order valence-corrected chi connectivity index (χ2v) is 3.70. The quantitative estimate of drug-likeness (QED) is 0.828. The molecule has 0 amide bonds. The summed E-state index contributed by atoms with van der Waals surface area (Å²) < 4.78 is 6.11. The molecule has 2 aromatic rings. The molecule has 1 aromatic carbocycles. The Bertz CT molecular complexity index is 566. The lowest BCUT2D eigenvalue weighted by Gasteiger charge is -2.06. The highest BCUT2D eigenvalue weighted by Gasteiger charge is 2.17. The minimum absolute atomic E-state index is 0.0763. The third-order valence-corrected chi connectivity index (χ3v) is 2.61. The Kier molecular flexibility index (Phi) is 3.01. The molecule has 0 unspecified atom stereocenters. The zero-order chi connectivity index (χ0) is 12.4. The lowest BCUT2D eigenvalue weighted by molar-refractivity contribution is 0.0596. The van der Waals surface area contributed by atoms with E-state index in [-0.39, 0.29) is 11.5 Å². The number of ether oxygens (including phenoxy) is 1. The van der Waals surface area contributed by atoms with Gasteiger partial charge in [-0.3, -0.25) is 4.57 Å². The highest BCUT2D eigenvalue weighted by molar-refractivity contribution is 6.32. The van der Waals surface area contributed by atoms with Gasteiger partial charge in [-0.1, -0.05) is 23.7 Å². The van der Waals surface area contributed by atoms with Crippen LogP contribution in [0.4, 0.5) is 5.82 Å². The minimum Gasteiger partial charge on any atom is -0.464 e. The topological polar surface area (TPSA) is 70.1 Å². The first-order chi connectivity index (χ1) is 8.15. The maximum Gasteiger partial charge on any atom is 0.360 e. The molecule has 5 nitrogen and oxygen atoms in total. The number of hydrogen-bond acceptors (Lipinski definition) is 4. The first-order valence-corrected chi connectivity index (χ1v) is 5.19. The number of rotatable bonds is 2. The summed E-state index contributed by atoms with van der Waals surface area (Å²) in [5.41, 5.74) is 6.56. The Labute approximate surface area is 103 Å². The molecule has 0 aliphatic rings. The number of halogens is 1. The molecule has 0 saturated carbocycles. The van der Waals surface area contributed by atoms with Crippen molar-refractivity contribution in [3.63, 3.8) is 0 Å². The van der Waals surface area contributed by atoms with Gasteiger partial charge in [0, 0.05) is 0 Å². The molecule has 0 fully saturated rings. The van der Waals surface area contributed by atoms with Crippen LogP contribution in [0.15, 0.2) is 30.6 Å². The summed E-state index contributed by atoms with van der Waals surface area (Å²) >= 11 is 6.03. The summed E-state index contributed by atoms with van der Waals surface area (Å²) in [5.74, 6) is -0.377. The van der Waals surface area contributed by atoms with Crippen LogP contribution in [-0.2, 0) is 4.74 Å². The van der Waals surface area contributed by atoms with Gasteiger partial charge in [-0.25, -0.2) is 9.78 Å². The van der Waals surface area contributed by atoms with Gasteiger partial charge in [0.1, 0.15) is 12.1 Å². The standard InChI is InChI=1S/C11H10ClN3O2/c1-17-11(16)9-10(13)15(6-14-9)8-5-3-2-4-7(8)12/h2-6H,13H2,1H3. The molecule has 0 bridgehead atoms. The van der Waals surface area contributed by atoms with E-state index < -0.39 is 5.97 Å². The monoisotopic (exact) mass is 251 g/mol. The Balaban J connectivity index is 2.52. The fourth-order valence-corrected chi connectivity index (χ4v) is 1.68. The third kappa shape index (κ3) is 1.97. The predicted octanol–water partition coefficient (Wildman–Crippen LogP) is 1.89. The summed E-state index contributed by atoms with van der Waals surface area (Å²) in [6, 6.07) is 7.13. The number of carbonyl (C=O) groups is 1. The van der Waals surface area contributed by atoms with Gasteiger partial charge < -0.3 is 10.5 Å². The maximum absolute atomic E-state index is 11.4. The van der Waals surface area contributed by atoms with Crippen molar-refractivity contribution in [1.82, 2.24) is 9.55 Å². The lowest BCUT2D eigenvalue weighted by atomic mass is 10.3. The number of esters is 1. The molecule has 6 heteroatoms. The molecule has 1 heterocycles. The zero-order valence-electron chi connectivity index (χ0n) is 9.05. The van der Waals surface area contributed by atoms with Gasteiger partial charge in [0.15, 0.2) is 5.69 Å². The van der Waals surface area contributed by atoms with E-state index in [0.717, 1.165) is 0 Å². The van der Waals surface area contributed by atoms with Crippen molar-refractivity contribution in [2.75, 3.05) is 12.8 Å². The highest BCUT2D eigenvalue weighted by Crippen LogP contribution is 2.24. The molecule has 0 atom stereocenters. The van der Waals surface area contributed by atoms with Gasteiger partial charge in [-0.15, -0.1) is 0 Å². The number of aromatic nitrogens is 2. The molecule has 1 aromatic heterocycles. The fraction of sp³-hybridized carbons (Fsp3) is 0.0909. The number of nitrogens with zero attached hydrogens (tertiary/aromatic N) is 2. The summed E-state index contributed by atoms with van der Waals surface area (Å²) in [4.78, 5) is 15.3. The first kappa shape index (κ1) is 11.5. The first-order valence-electron chi connectivity index (χ1n) is 4.81. The molecule has 0 spiro atoms. The van der Waals surface area contributed by atoms with Gasteiger partial charge in [0.25, 0.3) is 0 Å². The van der Waals surface area contributed by atoms with Gasteiger partial charge in [0.2, 0.25) is 0 Å². The van der Waals surface area contributed by atoms with Crippen molar-refractivity contribution >= 4 is 23.4 Å². The molecule has 0 radical (unpaired) electrons. The number of nitrogen functional groups attached to an aromatic ring is 1. The van der Waals surface area contributed by atoms with E-state index in [0.29, 0.717) is 10.7 Å². The summed E-state index contributed by atoms with van der Waals surface area (Å²) in [6.07, 6.45) is 1.43. The summed E-state index contributed by atoms with van der Waals surface area (Å²) in [5, 5.41) is 0.521. The second kappa shape index (κ2) is 4.47. The molecular weight excluding hydrogens is 242 g/mol. The smallest absolute Gasteiger partial charge is 0.360 e. The molecule has 0 aliphatic carbocycles. The van der Waals surface area contributed by atoms with Crippen LogP contribution in [0, 0.1) is 0 Å². The number of hydrogen-bond donors (Lipinski definition) is 1. The molecule has 0 aliphatic heterocycles. The van der Waals surface area contributed by atoms with Crippen LogP contribution in [0.5, 0.6) is 0 Å². The molecule has 17 heavy (non-hydrogen) atoms. The van der Waals surface area contributed by atoms with E-state index in [1.807, 2.05) is 6.07 Å². The summed E-state index contributed by atoms with van der Waals surface area (Å²) in [6.45, 7) is 0. The van der Waals surface area contributed by atoms with Crippen LogP contribution >= 0.6 is 11.6 Å². The van der Waals surface area contributed by atoms with Gasteiger partial charge in [0.05, 0.1) is 17.8 Å². The normalized spacial score (nSPS) is 10.2. The van der Waals surface area contributed by atoms with E-state index in [4.69, 9.17) is 17.3 Å². The van der Waals surface area contributed by atoms with E-state index in [2.05, 4.69) is 9.72 Å². The molecular formula is C11H10ClN3O2. The van der Waals surface area contributed by atoms with Crippen molar-refractivity contribution in [1.29, 1.82) is 0 Å². The van der Waals surface area contributed by atoms with Crippen LogP contribution in [0.1, 0.15) is 10.5 Å². The third-order valence-electron chi connectivity index (χ3n) is 2.30. The van der Waals surface area contributed by atoms with Crippen LogP contribution < -0.4 is 5.73 Å². The number of carbonyl (C=O) groups excluding carboxylic acids is 1. The maximum atomic E-state index is 11.4. The van der Waals surface area contributed by atoms with Crippen LogP contribution in [-0.4, -0.2) is 22.6 Å². The number of nitrogens with two attached hydrogens (primary N) is 1. The lowest BCUT2D eigenvalue weighted by Crippen LogP contribution is -2.07. The Hall–Kier alpha value is -2.01. The number of benzene rings is 1. The molecule has 88 valence electrons. The highest BCUT2D eigenvalue weighted by atomic mass is 35.5. The largest absolute Gasteiger partial charge is 0.464 e. The van der Waals surface area contributed by atoms with Gasteiger partial charge in [-0.05, 0) is 12.1 Å². The van der Waals surface area contributed by atoms with Crippen LogP contribution in [0.25, 0.3) is 5.69 Å². The Morgan fingerprint density at radius 3 is 2.82 bits per heavy atom. The van der Waals surface area contributed by atoms with E-state index >= 15 is 0 Å². The second-order valence-electron chi connectivity index (χ2n) is 3.29. The van der Waals surface area contributed by atoms with Crippen LogP contribution in [0.2, 0.25) is 5.02 Å². The molecule has 2 rings (SSSR count). The van der Waals surface area contributed by atoms with E-state index in [9.17, 15) is 4.79 Å². The van der Waals surface area contributed by atoms with Gasteiger partial charge in [-0.2, -0.15) is 0 Å². The van der Waals surface area contributed by atoms with Crippen molar-refractivity contribution < 1.29 is 9.53 Å². The average Bonchev–Trinajstić information content (AvgIpc) is 2.71. The molecule has 2 N–H and O–H groups in total. The number of anilines is 1. The Morgan fingerprint density at radius 2 is 2.18 bits per heavy atom. The molecule has 0 saturated heterocycles. The Morgan fingerprint density at radius 1 is 1.47 bits per heavy atom.